The van der Waals surface area contributed by atoms with Gasteiger partial charge in [-0.05, 0) is 12.1 Å². The van der Waals surface area contributed by atoms with Crippen molar-refractivity contribution >= 4 is 6.29 Å². The molecular formula is C15H13F3N4O. The molecule has 0 bridgehead atoms. The van der Waals surface area contributed by atoms with E-state index >= 15 is 0 Å². The number of aldehydes is 1. The monoisotopic (exact) mass is 322 g/mol. The average Bonchev–Trinajstić information content (AvgIpc) is 3.00. The summed E-state index contributed by atoms with van der Waals surface area (Å²) in [5.41, 5.74) is -0.681. The SMILES string of the molecule is C=C(C=O)N1Cc2nccn2C(c2ncccc2C(F)(F)F)C1. The summed E-state index contributed by atoms with van der Waals surface area (Å²) in [6.07, 6.45) is 0.545. The summed E-state index contributed by atoms with van der Waals surface area (Å²) < 4.78 is 41.5. The van der Waals surface area contributed by atoms with Crippen LogP contribution in [0.15, 0.2) is 43.0 Å². The lowest BCUT2D eigenvalue weighted by atomic mass is 10.0. The Hall–Kier alpha value is -2.64. The molecule has 23 heavy (non-hydrogen) atoms. The zero-order valence-corrected chi connectivity index (χ0v) is 12.0. The first kappa shape index (κ1) is 15.3. The molecule has 3 rings (SSSR count). The molecule has 0 radical (unpaired) electrons. The van der Waals surface area contributed by atoms with Gasteiger partial charge in [0.2, 0.25) is 0 Å². The van der Waals surface area contributed by atoms with Gasteiger partial charge in [-0.2, -0.15) is 13.2 Å². The van der Waals surface area contributed by atoms with Crippen molar-refractivity contribution in [3.8, 4) is 0 Å². The predicted molar refractivity (Wildman–Crippen MR) is 75.2 cm³/mol. The van der Waals surface area contributed by atoms with E-state index in [0.717, 1.165) is 6.07 Å². The van der Waals surface area contributed by atoms with Gasteiger partial charge in [0, 0.05) is 25.1 Å². The number of pyridine rings is 1. The Labute approximate surface area is 130 Å². The topological polar surface area (TPSA) is 51.0 Å². The number of aromatic nitrogens is 3. The van der Waals surface area contributed by atoms with Gasteiger partial charge < -0.3 is 9.47 Å². The van der Waals surface area contributed by atoms with E-state index in [1.165, 1.54) is 18.5 Å². The van der Waals surface area contributed by atoms with Crippen LogP contribution in [0.1, 0.15) is 23.1 Å². The van der Waals surface area contributed by atoms with E-state index in [1.54, 1.807) is 15.7 Å². The normalized spacial score (nSPS) is 17.7. The Morgan fingerprint density at radius 3 is 2.83 bits per heavy atom. The van der Waals surface area contributed by atoms with Gasteiger partial charge in [-0.25, -0.2) is 4.98 Å². The first-order valence-corrected chi connectivity index (χ1v) is 6.84. The fraction of sp³-hybridized carbons (Fsp3) is 0.267. The van der Waals surface area contributed by atoms with Gasteiger partial charge in [-0.3, -0.25) is 9.78 Å². The predicted octanol–water partition coefficient (Wildman–Crippen LogP) is 2.41. The number of imidazole rings is 1. The largest absolute Gasteiger partial charge is 0.418 e. The second-order valence-corrected chi connectivity index (χ2v) is 5.19. The Balaban J connectivity index is 2.09. The van der Waals surface area contributed by atoms with Crippen LogP contribution in [-0.4, -0.2) is 32.3 Å². The smallest absolute Gasteiger partial charge is 0.359 e. The molecule has 0 saturated carbocycles. The summed E-state index contributed by atoms with van der Waals surface area (Å²) in [6.45, 7) is 4.11. The average molecular weight is 322 g/mol. The number of fused-ring (bicyclic) bond motifs is 1. The zero-order valence-electron chi connectivity index (χ0n) is 12.0. The Bertz CT molecular complexity index is 753. The minimum absolute atomic E-state index is 0.0948. The summed E-state index contributed by atoms with van der Waals surface area (Å²) in [7, 11) is 0. The second kappa shape index (κ2) is 5.53. The molecule has 1 aliphatic heterocycles. The third-order valence-electron chi connectivity index (χ3n) is 3.81. The maximum absolute atomic E-state index is 13.3. The minimum Gasteiger partial charge on any atom is -0.359 e. The van der Waals surface area contributed by atoms with Crippen molar-refractivity contribution in [3.63, 3.8) is 0 Å². The van der Waals surface area contributed by atoms with Crippen molar-refractivity contribution in [2.45, 2.75) is 18.8 Å². The number of hydrogen-bond donors (Lipinski definition) is 0. The third kappa shape index (κ3) is 2.71. The Kier molecular flexibility index (Phi) is 3.67. The van der Waals surface area contributed by atoms with Crippen LogP contribution >= 0.6 is 0 Å². The number of carbonyl (C=O) groups is 1. The lowest BCUT2D eigenvalue weighted by Gasteiger charge is -2.35. The van der Waals surface area contributed by atoms with Gasteiger partial charge in [-0.15, -0.1) is 0 Å². The van der Waals surface area contributed by atoms with Crippen molar-refractivity contribution in [3.05, 3.63) is 60.1 Å². The fourth-order valence-electron chi connectivity index (χ4n) is 2.72. The molecular weight excluding hydrogens is 309 g/mol. The standard InChI is InChI=1S/C15H13F3N4O/c1-10(9-23)21-7-12(22-6-5-19-13(22)8-21)14-11(15(16,17)18)3-2-4-20-14/h2-6,9,12H,1,7-8H2. The highest BCUT2D eigenvalue weighted by Gasteiger charge is 2.38. The molecule has 1 unspecified atom stereocenters. The van der Waals surface area contributed by atoms with Gasteiger partial charge >= 0.3 is 6.18 Å². The van der Waals surface area contributed by atoms with Gasteiger partial charge in [0.05, 0.1) is 29.5 Å². The highest BCUT2D eigenvalue weighted by atomic mass is 19.4. The maximum atomic E-state index is 13.3. The Morgan fingerprint density at radius 1 is 1.35 bits per heavy atom. The molecule has 1 aliphatic rings. The van der Waals surface area contributed by atoms with Crippen LogP contribution in [0, 0.1) is 0 Å². The highest BCUT2D eigenvalue weighted by Crippen LogP contribution is 2.36. The molecule has 2 aromatic heterocycles. The first-order chi connectivity index (χ1) is 10.9. The lowest BCUT2D eigenvalue weighted by Crippen LogP contribution is -2.38. The van der Waals surface area contributed by atoms with E-state index < -0.39 is 17.8 Å². The molecule has 1 atom stereocenters. The van der Waals surface area contributed by atoms with Crippen LogP contribution in [0.2, 0.25) is 0 Å². The first-order valence-electron chi connectivity index (χ1n) is 6.84. The fourth-order valence-corrected chi connectivity index (χ4v) is 2.72. The summed E-state index contributed by atoms with van der Waals surface area (Å²) >= 11 is 0. The number of halogens is 3. The summed E-state index contributed by atoms with van der Waals surface area (Å²) in [4.78, 5) is 20.7. The Morgan fingerprint density at radius 2 is 2.13 bits per heavy atom. The molecule has 0 amide bonds. The van der Waals surface area contributed by atoms with Crippen molar-refractivity contribution in [1.29, 1.82) is 0 Å². The molecule has 0 saturated heterocycles. The van der Waals surface area contributed by atoms with Crippen LogP contribution in [0.5, 0.6) is 0 Å². The lowest BCUT2D eigenvalue weighted by molar-refractivity contribution is -0.138. The molecule has 3 heterocycles. The van der Waals surface area contributed by atoms with Crippen LogP contribution in [0.4, 0.5) is 13.2 Å². The molecule has 0 aromatic carbocycles. The van der Waals surface area contributed by atoms with Crippen LogP contribution < -0.4 is 0 Å². The second-order valence-electron chi connectivity index (χ2n) is 5.19. The molecule has 0 fully saturated rings. The van der Waals surface area contributed by atoms with Crippen LogP contribution in [-0.2, 0) is 17.5 Å². The molecule has 8 heteroatoms. The summed E-state index contributed by atoms with van der Waals surface area (Å²) in [5, 5.41) is 0. The molecule has 0 aliphatic carbocycles. The number of rotatable bonds is 3. The molecule has 2 aromatic rings. The molecule has 5 nitrogen and oxygen atoms in total. The van der Waals surface area contributed by atoms with Gasteiger partial charge in [0.1, 0.15) is 5.82 Å². The molecule has 0 N–H and O–H groups in total. The summed E-state index contributed by atoms with van der Waals surface area (Å²) in [6, 6.07) is 1.56. The van der Waals surface area contributed by atoms with E-state index in [2.05, 4.69) is 16.5 Å². The van der Waals surface area contributed by atoms with Gasteiger partial charge in [-0.1, -0.05) is 6.58 Å². The van der Waals surface area contributed by atoms with Crippen molar-refractivity contribution in [2.75, 3.05) is 6.54 Å². The van der Waals surface area contributed by atoms with Crippen molar-refractivity contribution < 1.29 is 18.0 Å². The van der Waals surface area contributed by atoms with Gasteiger partial charge in [0.25, 0.3) is 0 Å². The quantitative estimate of drug-likeness (QED) is 0.643. The number of allylic oxidation sites excluding steroid dienone is 1. The van der Waals surface area contributed by atoms with Crippen molar-refractivity contribution in [1.82, 2.24) is 19.4 Å². The number of carbonyl (C=O) groups excluding carboxylic acids is 1. The third-order valence-corrected chi connectivity index (χ3v) is 3.81. The molecule has 120 valence electrons. The van der Waals surface area contributed by atoms with Crippen LogP contribution in [0.25, 0.3) is 0 Å². The molecule has 0 spiro atoms. The van der Waals surface area contributed by atoms with E-state index in [4.69, 9.17) is 0 Å². The van der Waals surface area contributed by atoms with E-state index in [1.807, 2.05) is 0 Å². The maximum Gasteiger partial charge on any atom is 0.418 e. The van der Waals surface area contributed by atoms with E-state index in [9.17, 15) is 18.0 Å². The highest BCUT2D eigenvalue weighted by molar-refractivity contribution is 5.71. The number of nitrogens with zero attached hydrogens (tertiary/aromatic N) is 4. The number of hydrogen-bond acceptors (Lipinski definition) is 4. The van der Waals surface area contributed by atoms with Crippen LogP contribution in [0.3, 0.4) is 0 Å². The van der Waals surface area contributed by atoms with Crippen molar-refractivity contribution in [2.24, 2.45) is 0 Å². The van der Waals surface area contributed by atoms with E-state index in [-0.39, 0.29) is 17.9 Å². The minimum atomic E-state index is -4.51. The zero-order chi connectivity index (χ0) is 16.6. The van der Waals surface area contributed by atoms with Gasteiger partial charge in [0.15, 0.2) is 6.29 Å². The number of alkyl halides is 3. The summed E-state index contributed by atoms with van der Waals surface area (Å²) in [5.74, 6) is 0.558. The van der Waals surface area contributed by atoms with E-state index in [0.29, 0.717) is 18.7 Å².